The first-order chi connectivity index (χ1) is 10.3. The Labute approximate surface area is 124 Å². The average molecular weight is 272 g/mol. The molecule has 1 aliphatic heterocycles. The van der Waals surface area contributed by atoms with Crippen molar-refractivity contribution in [2.75, 3.05) is 4.90 Å². The number of nitrogens with two attached hydrogens (primary N) is 1. The van der Waals surface area contributed by atoms with Crippen molar-refractivity contribution in [1.29, 1.82) is 0 Å². The lowest BCUT2D eigenvalue weighted by Gasteiger charge is -2.30. The Balaban J connectivity index is 1.87. The zero-order chi connectivity index (χ0) is 14.2. The molecule has 3 aromatic rings. The Morgan fingerprint density at radius 2 is 1.57 bits per heavy atom. The molecule has 2 heteroatoms. The van der Waals surface area contributed by atoms with Crippen molar-refractivity contribution >= 4 is 22.5 Å². The highest BCUT2D eigenvalue weighted by Gasteiger charge is 2.19. The van der Waals surface area contributed by atoms with Gasteiger partial charge in [0.1, 0.15) is 5.82 Å². The van der Waals surface area contributed by atoms with E-state index in [-0.39, 0.29) is 0 Å². The Morgan fingerprint density at radius 1 is 0.810 bits per heavy atom. The van der Waals surface area contributed by atoms with Crippen molar-refractivity contribution in [2.45, 2.75) is 6.54 Å². The van der Waals surface area contributed by atoms with Gasteiger partial charge in [-0.15, -0.1) is 0 Å². The summed E-state index contributed by atoms with van der Waals surface area (Å²) in [6.45, 7) is 0.788. The molecule has 1 heterocycles. The minimum absolute atomic E-state index is 0.788. The zero-order valence-corrected chi connectivity index (χ0v) is 11.7. The van der Waals surface area contributed by atoms with Crippen molar-refractivity contribution in [2.24, 2.45) is 5.73 Å². The maximum atomic E-state index is 6.30. The van der Waals surface area contributed by atoms with Crippen molar-refractivity contribution < 1.29 is 0 Å². The summed E-state index contributed by atoms with van der Waals surface area (Å²) in [5.74, 6) is 0.796. The van der Waals surface area contributed by atoms with Crippen molar-refractivity contribution in [1.82, 2.24) is 0 Å². The molecule has 1 aliphatic rings. The predicted octanol–water partition coefficient (Wildman–Crippen LogP) is 4.12. The molecule has 102 valence electrons. The number of anilines is 1. The van der Waals surface area contributed by atoms with E-state index in [4.69, 9.17) is 5.73 Å². The summed E-state index contributed by atoms with van der Waals surface area (Å²) in [5.41, 5.74) is 9.94. The van der Waals surface area contributed by atoms with Gasteiger partial charge in [0.15, 0.2) is 0 Å². The molecule has 0 bridgehead atoms. The van der Waals surface area contributed by atoms with Gasteiger partial charge in [-0.2, -0.15) is 0 Å². The first-order valence-corrected chi connectivity index (χ1v) is 7.13. The van der Waals surface area contributed by atoms with Crippen LogP contribution in [-0.4, -0.2) is 0 Å². The quantitative estimate of drug-likeness (QED) is 0.760. The molecular formula is C19H16N2. The number of nitrogens with zero attached hydrogens (tertiary/aromatic N) is 1. The molecular weight excluding hydrogens is 256 g/mol. The molecule has 0 aliphatic carbocycles. The van der Waals surface area contributed by atoms with Gasteiger partial charge in [-0.05, 0) is 28.7 Å². The van der Waals surface area contributed by atoms with E-state index in [1.54, 1.807) is 0 Å². The molecule has 0 spiro atoms. The maximum absolute atomic E-state index is 6.30. The lowest BCUT2D eigenvalue weighted by atomic mass is 9.98. The molecule has 0 radical (unpaired) electrons. The fourth-order valence-electron chi connectivity index (χ4n) is 3.01. The minimum atomic E-state index is 0.788. The molecule has 0 saturated heterocycles. The van der Waals surface area contributed by atoms with E-state index in [0.717, 1.165) is 12.4 Å². The van der Waals surface area contributed by atoms with Crippen LogP contribution in [0.3, 0.4) is 0 Å². The van der Waals surface area contributed by atoms with Gasteiger partial charge in [-0.1, -0.05) is 60.7 Å². The van der Waals surface area contributed by atoms with Gasteiger partial charge in [0.05, 0.1) is 5.69 Å². The number of benzene rings is 3. The zero-order valence-electron chi connectivity index (χ0n) is 11.7. The number of hydrogen-bond donors (Lipinski definition) is 1. The summed E-state index contributed by atoms with van der Waals surface area (Å²) < 4.78 is 0. The van der Waals surface area contributed by atoms with Crippen molar-refractivity contribution in [3.63, 3.8) is 0 Å². The van der Waals surface area contributed by atoms with Gasteiger partial charge in [0, 0.05) is 11.9 Å². The Morgan fingerprint density at radius 3 is 2.38 bits per heavy atom. The van der Waals surface area contributed by atoms with Crippen LogP contribution < -0.4 is 10.6 Å². The van der Waals surface area contributed by atoms with E-state index < -0.39 is 0 Å². The molecule has 4 rings (SSSR count). The topological polar surface area (TPSA) is 29.3 Å². The normalized spacial score (nSPS) is 13.3. The van der Waals surface area contributed by atoms with Crippen LogP contribution in [0.5, 0.6) is 0 Å². The molecule has 0 saturated carbocycles. The molecule has 0 fully saturated rings. The second-order valence-corrected chi connectivity index (χ2v) is 5.36. The second kappa shape index (κ2) is 4.67. The summed E-state index contributed by atoms with van der Waals surface area (Å²) in [4.78, 5) is 2.19. The third-order valence-corrected chi connectivity index (χ3v) is 4.00. The predicted molar refractivity (Wildman–Crippen MR) is 88.7 cm³/mol. The fraction of sp³-hybridized carbons (Fsp3) is 0.0526. The van der Waals surface area contributed by atoms with E-state index in [1.165, 1.54) is 27.6 Å². The van der Waals surface area contributed by atoms with Crippen LogP contribution in [0.4, 0.5) is 5.69 Å². The van der Waals surface area contributed by atoms with E-state index in [2.05, 4.69) is 71.6 Å². The van der Waals surface area contributed by atoms with E-state index in [9.17, 15) is 0 Å². The van der Waals surface area contributed by atoms with Crippen LogP contribution in [0.2, 0.25) is 0 Å². The summed E-state index contributed by atoms with van der Waals surface area (Å²) in [6, 6.07) is 23.2. The Kier molecular flexibility index (Phi) is 2.68. The summed E-state index contributed by atoms with van der Waals surface area (Å²) >= 11 is 0. The Hall–Kier alpha value is -2.74. The molecule has 0 atom stereocenters. The molecule has 21 heavy (non-hydrogen) atoms. The monoisotopic (exact) mass is 272 g/mol. The third-order valence-electron chi connectivity index (χ3n) is 4.00. The Bertz CT molecular complexity index is 829. The SMILES string of the molecule is NC1=Cc2cccc3cccc(c23)N1Cc1ccccc1. The summed E-state index contributed by atoms with van der Waals surface area (Å²) in [5, 5.41) is 2.54. The second-order valence-electron chi connectivity index (χ2n) is 5.36. The molecule has 3 aromatic carbocycles. The van der Waals surface area contributed by atoms with Crippen LogP contribution >= 0.6 is 0 Å². The molecule has 2 N–H and O–H groups in total. The highest BCUT2D eigenvalue weighted by molar-refractivity contribution is 6.03. The largest absolute Gasteiger partial charge is 0.385 e. The third kappa shape index (κ3) is 1.96. The maximum Gasteiger partial charge on any atom is 0.104 e. The summed E-state index contributed by atoms with van der Waals surface area (Å²) in [6.07, 6.45) is 2.07. The van der Waals surface area contributed by atoms with E-state index in [0.29, 0.717) is 0 Å². The van der Waals surface area contributed by atoms with Crippen LogP contribution in [0.15, 0.2) is 72.6 Å². The van der Waals surface area contributed by atoms with Gasteiger partial charge in [0.2, 0.25) is 0 Å². The van der Waals surface area contributed by atoms with Crippen LogP contribution in [-0.2, 0) is 6.54 Å². The lowest BCUT2D eigenvalue weighted by molar-refractivity contribution is 0.906. The molecule has 0 unspecified atom stereocenters. The fourth-order valence-corrected chi connectivity index (χ4v) is 3.01. The van der Waals surface area contributed by atoms with Gasteiger partial charge in [-0.25, -0.2) is 0 Å². The van der Waals surface area contributed by atoms with Gasteiger partial charge < -0.3 is 10.6 Å². The highest BCUT2D eigenvalue weighted by Crippen LogP contribution is 2.36. The molecule has 0 amide bonds. The lowest BCUT2D eigenvalue weighted by Crippen LogP contribution is -2.29. The van der Waals surface area contributed by atoms with Gasteiger partial charge in [0.25, 0.3) is 0 Å². The molecule has 2 nitrogen and oxygen atoms in total. The van der Waals surface area contributed by atoms with Crippen LogP contribution in [0.1, 0.15) is 11.1 Å². The smallest absolute Gasteiger partial charge is 0.104 e. The number of hydrogen-bond acceptors (Lipinski definition) is 2. The van der Waals surface area contributed by atoms with Gasteiger partial charge >= 0.3 is 0 Å². The van der Waals surface area contributed by atoms with Gasteiger partial charge in [-0.3, -0.25) is 0 Å². The van der Waals surface area contributed by atoms with Crippen molar-refractivity contribution in [3.05, 3.63) is 83.7 Å². The highest BCUT2D eigenvalue weighted by atomic mass is 15.2. The van der Waals surface area contributed by atoms with E-state index in [1.807, 2.05) is 6.07 Å². The van der Waals surface area contributed by atoms with Crippen LogP contribution in [0, 0.1) is 0 Å². The first kappa shape index (κ1) is 12.0. The molecule has 0 aromatic heterocycles. The first-order valence-electron chi connectivity index (χ1n) is 7.13. The minimum Gasteiger partial charge on any atom is -0.385 e. The van der Waals surface area contributed by atoms with Crippen LogP contribution in [0.25, 0.3) is 16.8 Å². The standard InChI is InChI=1S/C19H16N2/c20-18-12-16-10-4-8-15-9-5-11-17(19(15)16)21(18)13-14-6-2-1-3-7-14/h1-12H,13,20H2. The summed E-state index contributed by atoms with van der Waals surface area (Å²) in [7, 11) is 0. The average Bonchev–Trinajstić information content (AvgIpc) is 2.52. The van der Waals surface area contributed by atoms with E-state index >= 15 is 0 Å². The number of rotatable bonds is 2. The van der Waals surface area contributed by atoms with Crippen molar-refractivity contribution in [3.8, 4) is 0 Å².